The van der Waals surface area contributed by atoms with E-state index in [9.17, 15) is 9.59 Å². The molecule has 0 N–H and O–H groups in total. The van der Waals surface area contributed by atoms with Crippen LogP contribution >= 0.6 is 0 Å². The summed E-state index contributed by atoms with van der Waals surface area (Å²) in [6.07, 6.45) is 1.03. The summed E-state index contributed by atoms with van der Waals surface area (Å²) >= 11 is 0. The summed E-state index contributed by atoms with van der Waals surface area (Å²) in [5, 5.41) is 0. The first-order valence-corrected chi connectivity index (χ1v) is 7.73. The van der Waals surface area contributed by atoms with E-state index >= 15 is 0 Å². The molecule has 2 aromatic rings. The van der Waals surface area contributed by atoms with Crippen LogP contribution in [0.5, 0.6) is 0 Å². The summed E-state index contributed by atoms with van der Waals surface area (Å²) in [7, 11) is 0. The van der Waals surface area contributed by atoms with E-state index in [4.69, 9.17) is 4.74 Å². The Bertz CT molecular complexity index is 739. The Labute approximate surface area is 135 Å². The maximum Gasteiger partial charge on any atom is 0.310 e. The van der Waals surface area contributed by atoms with E-state index in [1.807, 2.05) is 55.5 Å². The molecule has 0 unspecified atom stereocenters. The van der Waals surface area contributed by atoms with E-state index in [1.54, 1.807) is 4.90 Å². The lowest BCUT2D eigenvalue weighted by Crippen LogP contribution is -2.33. The highest BCUT2D eigenvalue weighted by Gasteiger charge is 2.24. The Kier molecular flexibility index (Phi) is 4.42. The van der Waals surface area contributed by atoms with Crippen LogP contribution in [0.4, 0.5) is 5.69 Å². The van der Waals surface area contributed by atoms with Crippen LogP contribution in [0.2, 0.25) is 0 Å². The van der Waals surface area contributed by atoms with Crippen molar-refractivity contribution in [2.45, 2.75) is 19.8 Å². The number of anilines is 1. The van der Waals surface area contributed by atoms with Crippen molar-refractivity contribution in [3.05, 3.63) is 65.2 Å². The number of carbonyl (C=O) groups is 2. The van der Waals surface area contributed by atoms with Crippen molar-refractivity contribution >= 4 is 17.6 Å². The van der Waals surface area contributed by atoms with Crippen molar-refractivity contribution < 1.29 is 14.3 Å². The monoisotopic (exact) mass is 309 g/mol. The molecule has 0 saturated carbocycles. The molecule has 1 heterocycles. The number of esters is 1. The second-order valence-corrected chi connectivity index (χ2v) is 5.75. The first kappa shape index (κ1) is 15.3. The van der Waals surface area contributed by atoms with Crippen LogP contribution in [0.25, 0.3) is 0 Å². The number of hydrogen-bond donors (Lipinski definition) is 0. The van der Waals surface area contributed by atoms with E-state index in [1.165, 1.54) is 0 Å². The molecule has 0 bridgehead atoms. The highest BCUT2D eigenvalue weighted by molar-refractivity contribution is 5.97. The predicted octanol–water partition coefficient (Wildman–Crippen LogP) is 2.67. The van der Waals surface area contributed by atoms with Crippen molar-refractivity contribution in [2.75, 3.05) is 18.1 Å². The maximum absolute atomic E-state index is 12.3. The van der Waals surface area contributed by atoms with Crippen molar-refractivity contribution in [1.29, 1.82) is 0 Å². The van der Waals surface area contributed by atoms with Gasteiger partial charge in [-0.3, -0.25) is 9.59 Å². The van der Waals surface area contributed by atoms with Gasteiger partial charge in [-0.2, -0.15) is 0 Å². The average Bonchev–Trinajstić information content (AvgIpc) is 2.97. The van der Waals surface area contributed by atoms with E-state index in [2.05, 4.69) is 0 Å². The number of para-hydroxylation sites is 1. The fourth-order valence-corrected chi connectivity index (χ4v) is 2.86. The Balaban J connectivity index is 1.54. The number of benzene rings is 2. The minimum Gasteiger partial charge on any atom is -0.455 e. The van der Waals surface area contributed by atoms with Gasteiger partial charge in [0.05, 0.1) is 6.42 Å². The lowest BCUT2D eigenvalue weighted by atomic mass is 10.1. The zero-order chi connectivity index (χ0) is 16.2. The van der Waals surface area contributed by atoms with Crippen LogP contribution in [-0.2, 0) is 27.2 Å². The maximum atomic E-state index is 12.3. The average molecular weight is 309 g/mol. The quantitative estimate of drug-likeness (QED) is 0.816. The Morgan fingerprint density at radius 3 is 2.78 bits per heavy atom. The molecule has 2 aromatic carbocycles. The van der Waals surface area contributed by atoms with E-state index < -0.39 is 0 Å². The number of nitrogens with zero attached hydrogens (tertiary/aromatic N) is 1. The molecule has 4 heteroatoms. The van der Waals surface area contributed by atoms with E-state index in [0.717, 1.165) is 28.8 Å². The van der Waals surface area contributed by atoms with Gasteiger partial charge in [-0.05, 0) is 30.5 Å². The molecule has 4 nitrogen and oxygen atoms in total. The minimum absolute atomic E-state index is 0.174. The van der Waals surface area contributed by atoms with Gasteiger partial charge in [-0.1, -0.05) is 48.0 Å². The molecule has 0 aliphatic carbocycles. The van der Waals surface area contributed by atoms with Gasteiger partial charge < -0.3 is 9.64 Å². The van der Waals surface area contributed by atoms with Crippen molar-refractivity contribution in [2.24, 2.45) is 0 Å². The lowest BCUT2D eigenvalue weighted by Gasteiger charge is -2.17. The second kappa shape index (κ2) is 6.65. The molecule has 0 spiro atoms. The summed E-state index contributed by atoms with van der Waals surface area (Å²) in [6.45, 7) is 2.41. The van der Waals surface area contributed by atoms with Gasteiger partial charge in [-0.15, -0.1) is 0 Å². The molecule has 23 heavy (non-hydrogen) atoms. The third-order valence-electron chi connectivity index (χ3n) is 3.98. The van der Waals surface area contributed by atoms with Crippen molar-refractivity contribution in [1.82, 2.24) is 0 Å². The van der Waals surface area contributed by atoms with Crippen molar-refractivity contribution in [3.63, 3.8) is 0 Å². The molecular formula is C19H19NO3. The first-order valence-electron chi connectivity index (χ1n) is 7.73. The predicted molar refractivity (Wildman–Crippen MR) is 88.3 cm³/mol. The van der Waals surface area contributed by atoms with Gasteiger partial charge in [0.25, 0.3) is 5.91 Å². The molecule has 1 aliphatic heterocycles. The van der Waals surface area contributed by atoms with Gasteiger partial charge in [0.15, 0.2) is 6.61 Å². The van der Waals surface area contributed by atoms with Crippen LogP contribution in [0, 0.1) is 6.92 Å². The van der Waals surface area contributed by atoms with Crippen molar-refractivity contribution in [3.8, 4) is 0 Å². The normalized spacial score (nSPS) is 12.8. The summed E-state index contributed by atoms with van der Waals surface area (Å²) < 4.78 is 5.14. The highest BCUT2D eigenvalue weighted by Crippen LogP contribution is 2.27. The molecule has 0 atom stereocenters. The van der Waals surface area contributed by atoms with Crippen LogP contribution < -0.4 is 4.90 Å². The number of fused-ring (bicyclic) bond motifs is 1. The Hall–Kier alpha value is -2.62. The number of aryl methyl sites for hydroxylation is 1. The molecule has 3 rings (SSSR count). The third-order valence-corrected chi connectivity index (χ3v) is 3.98. The summed E-state index contributed by atoms with van der Waals surface area (Å²) in [6, 6.07) is 15.5. The highest BCUT2D eigenvalue weighted by atomic mass is 16.5. The van der Waals surface area contributed by atoms with E-state index in [0.29, 0.717) is 6.54 Å². The number of ether oxygens (including phenoxy) is 1. The first-order chi connectivity index (χ1) is 11.1. The molecule has 0 saturated heterocycles. The fraction of sp³-hybridized carbons (Fsp3) is 0.263. The number of hydrogen-bond acceptors (Lipinski definition) is 3. The fourth-order valence-electron chi connectivity index (χ4n) is 2.86. The number of carbonyl (C=O) groups excluding carboxylic acids is 2. The lowest BCUT2D eigenvalue weighted by molar-refractivity contribution is -0.147. The Morgan fingerprint density at radius 1 is 1.13 bits per heavy atom. The van der Waals surface area contributed by atoms with Gasteiger partial charge >= 0.3 is 5.97 Å². The molecule has 0 aromatic heterocycles. The second-order valence-electron chi connectivity index (χ2n) is 5.75. The zero-order valence-corrected chi connectivity index (χ0v) is 13.1. The summed E-state index contributed by atoms with van der Waals surface area (Å²) in [4.78, 5) is 25.9. The standard InChI is InChI=1S/C19H19NO3/c1-14-5-4-6-15(11-14)12-19(22)23-13-18(21)20-10-9-16-7-2-3-8-17(16)20/h2-8,11H,9-10,12-13H2,1H3. The Morgan fingerprint density at radius 2 is 1.96 bits per heavy atom. The third kappa shape index (κ3) is 3.59. The van der Waals surface area contributed by atoms with Gasteiger partial charge in [0, 0.05) is 12.2 Å². The summed E-state index contributed by atoms with van der Waals surface area (Å²) in [5.41, 5.74) is 4.08. The molecule has 1 amide bonds. The van der Waals surface area contributed by atoms with Crippen LogP contribution in [0.3, 0.4) is 0 Å². The number of rotatable bonds is 4. The van der Waals surface area contributed by atoms with E-state index in [-0.39, 0.29) is 24.9 Å². The SMILES string of the molecule is Cc1cccc(CC(=O)OCC(=O)N2CCc3ccccc32)c1. The van der Waals surface area contributed by atoms with Crippen LogP contribution in [0.15, 0.2) is 48.5 Å². The topological polar surface area (TPSA) is 46.6 Å². The molecule has 1 aliphatic rings. The van der Waals surface area contributed by atoms with Gasteiger partial charge in [0.1, 0.15) is 0 Å². The van der Waals surface area contributed by atoms with Gasteiger partial charge in [0.2, 0.25) is 0 Å². The molecule has 118 valence electrons. The molecule has 0 radical (unpaired) electrons. The van der Waals surface area contributed by atoms with Crippen LogP contribution in [-0.4, -0.2) is 25.0 Å². The minimum atomic E-state index is -0.378. The molecule has 0 fully saturated rings. The smallest absolute Gasteiger partial charge is 0.310 e. The largest absolute Gasteiger partial charge is 0.455 e. The zero-order valence-electron chi connectivity index (χ0n) is 13.1. The van der Waals surface area contributed by atoms with Gasteiger partial charge in [-0.25, -0.2) is 0 Å². The summed E-state index contributed by atoms with van der Waals surface area (Å²) in [5.74, 6) is -0.552. The number of amides is 1. The van der Waals surface area contributed by atoms with Crippen LogP contribution in [0.1, 0.15) is 16.7 Å². The molecular weight excluding hydrogens is 290 g/mol.